The van der Waals surface area contributed by atoms with Gasteiger partial charge in [-0.15, -0.1) is 10.2 Å². The maximum Gasteiger partial charge on any atom is 0.233 e. The molecule has 4 heterocycles. The largest absolute Gasteiger partial charge is 0.505 e. The van der Waals surface area contributed by atoms with Crippen LogP contribution in [0.4, 0.5) is 69.8 Å². The van der Waals surface area contributed by atoms with E-state index in [2.05, 4.69) is 51.5 Å². The first-order valence-corrected chi connectivity index (χ1v) is 28.0. The van der Waals surface area contributed by atoms with Crippen molar-refractivity contribution < 1.29 is 20.4 Å². The number of anilines is 8. The molecule has 8 N–H and O–H groups in total. The molecule has 0 aliphatic carbocycles. The lowest BCUT2D eigenvalue weighted by Gasteiger charge is -2.34. The summed E-state index contributed by atoms with van der Waals surface area (Å²) in [7, 11) is 0. The van der Waals surface area contributed by atoms with Gasteiger partial charge in [0.2, 0.25) is 35.7 Å². The lowest BCUT2D eigenvalue weighted by atomic mass is 9.87. The van der Waals surface area contributed by atoms with Crippen LogP contribution < -0.4 is 31.1 Å². The van der Waals surface area contributed by atoms with Crippen LogP contribution in [0.15, 0.2) is 105 Å². The monoisotopic (exact) mass is 1090 g/mol. The van der Waals surface area contributed by atoms with Crippen LogP contribution in [0.2, 0.25) is 0 Å². The standard InChI is InChI=1S/C61H72N16O4/c1-36-30-44-34-40(5)52(74-72-46-16-9-7-12-38(46)3)54(80)50(44)48(32-36)64-58-66-56(62-22-28-78)68-60(70-58)76-24-18-42(19-25-76)14-11-15-43-20-26-77(27-21-43)61-69-57(63-23-29-79)67-59(71-61)65-49-33-37(2)31-45-35-41(6)53(55(81)51(45)49)75-73-47-17-10-8-13-39(47)4/h7-10,12-13,16-17,30-35,42-43,78-81H,11,14-15,18-29H2,1-6H3,(H2,62,64,66,68,70)(H2,63,65,67,69,71). The van der Waals surface area contributed by atoms with Crippen molar-refractivity contribution in [2.75, 3.05) is 83.5 Å². The number of piperidine rings is 2. The Kier molecular flexibility index (Phi) is 17.3. The number of rotatable bonds is 20. The zero-order chi connectivity index (χ0) is 56.6. The van der Waals surface area contributed by atoms with E-state index in [4.69, 9.17) is 29.9 Å². The third-order valence-electron chi connectivity index (χ3n) is 15.3. The number of hydrogen-bond acceptors (Lipinski definition) is 20. The number of aliphatic hydroxyl groups is 2. The molecule has 0 bridgehead atoms. The van der Waals surface area contributed by atoms with Gasteiger partial charge in [-0.2, -0.15) is 40.1 Å². The zero-order valence-corrected chi connectivity index (χ0v) is 47.0. The second-order valence-electron chi connectivity index (χ2n) is 21.5. The molecule has 0 radical (unpaired) electrons. The van der Waals surface area contributed by atoms with Crippen LogP contribution in [0, 0.1) is 53.4 Å². The number of aromatic hydroxyl groups is 2. The summed E-state index contributed by atoms with van der Waals surface area (Å²) in [5, 5.41) is 77.0. The fourth-order valence-electron chi connectivity index (χ4n) is 11.0. The number of nitrogens with one attached hydrogen (secondary N) is 4. The molecule has 0 spiro atoms. The number of azo groups is 2. The van der Waals surface area contributed by atoms with Gasteiger partial charge in [-0.05, 0) is 160 Å². The molecule has 81 heavy (non-hydrogen) atoms. The van der Waals surface area contributed by atoms with Gasteiger partial charge in [0.15, 0.2) is 11.5 Å². The summed E-state index contributed by atoms with van der Waals surface area (Å²) in [6, 6.07) is 27.5. The number of aryl methyl sites for hydroxylation is 6. The van der Waals surface area contributed by atoms with Crippen molar-refractivity contribution in [3.8, 4) is 11.5 Å². The average molecular weight is 1090 g/mol. The lowest BCUT2D eigenvalue weighted by molar-refractivity contribution is 0.310. The van der Waals surface area contributed by atoms with E-state index < -0.39 is 0 Å². The van der Waals surface area contributed by atoms with E-state index in [1.165, 1.54) is 0 Å². The molecule has 0 amide bonds. The van der Waals surface area contributed by atoms with Crippen LogP contribution in [-0.4, -0.2) is 103 Å². The molecule has 2 aliphatic heterocycles. The van der Waals surface area contributed by atoms with Gasteiger partial charge in [-0.3, -0.25) is 0 Å². The minimum absolute atomic E-state index is 0.00983. The first-order valence-electron chi connectivity index (χ1n) is 28.0. The predicted molar refractivity (Wildman–Crippen MR) is 322 cm³/mol. The summed E-state index contributed by atoms with van der Waals surface area (Å²) in [5.74, 6) is 3.61. The van der Waals surface area contributed by atoms with Gasteiger partial charge in [-0.1, -0.05) is 67.8 Å². The highest BCUT2D eigenvalue weighted by Gasteiger charge is 2.27. The summed E-state index contributed by atoms with van der Waals surface area (Å²) in [5.41, 5.74) is 9.00. The highest BCUT2D eigenvalue weighted by atomic mass is 16.3. The SMILES string of the molecule is Cc1cc(Nc2nc(NCCO)nc(N3CCC(CCCC4CCN(c5nc(NCCO)nc(Nc6cc(C)cc7cc(C)c(N=Nc8ccccc8C)c(O)c67)n5)CC4)CC3)n2)c2c(O)c(N=Nc3ccccc3C)c(C)cc2c1. The van der Waals surface area contributed by atoms with Crippen molar-refractivity contribution in [3.63, 3.8) is 0 Å². The highest BCUT2D eigenvalue weighted by molar-refractivity contribution is 6.05. The number of phenols is 2. The van der Waals surface area contributed by atoms with E-state index in [0.29, 0.717) is 81.0 Å². The van der Waals surface area contributed by atoms with E-state index in [1.807, 2.05) is 126 Å². The number of aliphatic hydroxyl groups excluding tert-OH is 2. The quantitative estimate of drug-likeness (QED) is 0.0330. The van der Waals surface area contributed by atoms with Gasteiger partial charge in [0.05, 0.1) is 36.0 Å². The van der Waals surface area contributed by atoms with Crippen molar-refractivity contribution in [2.24, 2.45) is 32.3 Å². The second-order valence-corrected chi connectivity index (χ2v) is 21.5. The van der Waals surface area contributed by atoms with E-state index >= 15 is 0 Å². The predicted octanol–water partition coefficient (Wildman–Crippen LogP) is 13.1. The molecule has 420 valence electrons. The zero-order valence-electron chi connectivity index (χ0n) is 47.0. The molecule has 20 heteroatoms. The fourth-order valence-corrected chi connectivity index (χ4v) is 11.0. The molecule has 10 rings (SSSR count). The van der Waals surface area contributed by atoms with Crippen molar-refractivity contribution in [1.82, 2.24) is 29.9 Å². The first kappa shape index (κ1) is 55.7. The minimum atomic E-state index is -0.0840. The number of nitrogens with zero attached hydrogens (tertiary/aromatic N) is 12. The molecule has 0 atom stereocenters. The molecule has 2 fully saturated rings. The Bertz CT molecular complexity index is 3380. The van der Waals surface area contributed by atoms with E-state index in [1.54, 1.807) is 0 Å². The molecule has 0 unspecified atom stereocenters. The Hall–Kier alpha value is -8.62. The number of benzene rings is 6. The van der Waals surface area contributed by atoms with Gasteiger partial charge in [0, 0.05) is 50.0 Å². The minimum Gasteiger partial charge on any atom is -0.505 e. The molecule has 2 aliphatic rings. The first-order chi connectivity index (χ1) is 39.3. The summed E-state index contributed by atoms with van der Waals surface area (Å²) < 4.78 is 0. The Morgan fingerprint density at radius 1 is 0.481 bits per heavy atom. The number of phenolic OH excluding ortho intramolecular Hbond substituents is 2. The van der Waals surface area contributed by atoms with E-state index in [9.17, 15) is 20.4 Å². The van der Waals surface area contributed by atoms with E-state index in [0.717, 1.165) is 127 Å². The second kappa shape index (κ2) is 25.2. The summed E-state index contributed by atoms with van der Waals surface area (Å²) in [4.78, 5) is 33.2. The highest BCUT2D eigenvalue weighted by Crippen LogP contribution is 2.45. The molecule has 20 nitrogen and oxygen atoms in total. The van der Waals surface area contributed by atoms with Gasteiger partial charge >= 0.3 is 0 Å². The van der Waals surface area contributed by atoms with Crippen LogP contribution in [0.3, 0.4) is 0 Å². The number of hydrogen-bond donors (Lipinski definition) is 8. The van der Waals surface area contributed by atoms with Crippen molar-refractivity contribution >= 4 is 91.4 Å². The van der Waals surface area contributed by atoms with E-state index in [-0.39, 0.29) is 37.8 Å². The molecule has 8 aromatic rings. The normalized spacial score (nSPS) is 14.5. The van der Waals surface area contributed by atoms with Crippen LogP contribution >= 0.6 is 0 Å². The maximum atomic E-state index is 11.8. The van der Waals surface area contributed by atoms with Crippen LogP contribution in [0.5, 0.6) is 11.5 Å². The Labute approximate surface area is 472 Å². The lowest BCUT2D eigenvalue weighted by Crippen LogP contribution is -2.36. The molecular formula is C61H72N16O4. The molecular weight excluding hydrogens is 1020 g/mol. The van der Waals surface area contributed by atoms with Crippen LogP contribution in [0.1, 0.15) is 78.3 Å². The van der Waals surface area contributed by atoms with Gasteiger partial charge < -0.3 is 51.5 Å². The average Bonchev–Trinajstić information content (AvgIpc) is 3.65. The van der Waals surface area contributed by atoms with Gasteiger partial charge in [0.1, 0.15) is 11.4 Å². The number of fused-ring (bicyclic) bond motifs is 2. The maximum absolute atomic E-state index is 11.8. The smallest absolute Gasteiger partial charge is 0.233 e. The van der Waals surface area contributed by atoms with Gasteiger partial charge in [0.25, 0.3) is 0 Å². The van der Waals surface area contributed by atoms with Crippen LogP contribution in [-0.2, 0) is 0 Å². The third-order valence-corrected chi connectivity index (χ3v) is 15.3. The molecule has 6 aromatic carbocycles. The molecule has 0 saturated carbocycles. The van der Waals surface area contributed by atoms with Crippen LogP contribution in [0.25, 0.3) is 21.5 Å². The fraction of sp³-hybridized carbons (Fsp3) is 0.377. The Morgan fingerprint density at radius 3 is 1.27 bits per heavy atom. The van der Waals surface area contributed by atoms with Crippen molar-refractivity contribution in [3.05, 3.63) is 118 Å². The van der Waals surface area contributed by atoms with Crippen molar-refractivity contribution in [1.29, 1.82) is 0 Å². The van der Waals surface area contributed by atoms with Crippen molar-refractivity contribution in [2.45, 2.75) is 86.5 Å². The Balaban J connectivity index is 0.766. The summed E-state index contributed by atoms with van der Waals surface area (Å²) >= 11 is 0. The Morgan fingerprint density at radius 2 is 0.877 bits per heavy atom. The number of aromatic nitrogens is 6. The summed E-state index contributed by atoms with van der Waals surface area (Å²) in [6.45, 7) is 15.4. The topological polar surface area (TPSA) is 262 Å². The summed E-state index contributed by atoms with van der Waals surface area (Å²) in [6.07, 6.45) is 7.52. The molecule has 2 saturated heterocycles. The molecule has 2 aromatic heterocycles. The van der Waals surface area contributed by atoms with Gasteiger partial charge in [-0.25, -0.2) is 0 Å². The third kappa shape index (κ3) is 13.2.